The van der Waals surface area contributed by atoms with Crippen LogP contribution in [0.4, 0.5) is 0 Å². The van der Waals surface area contributed by atoms with Gasteiger partial charge in [-0.3, -0.25) is 0 Å². The van der Waals surface area contributed by atoms with Gasteiger partial charge < -0.3 is 9.15 Å². The molecule has 3 nitrogen and oxygen atoms in total. The highest BCUT2D eigenvalue weighted by molar-refractivity contribution is 9.10. The molecule has 90 valence electrons. The van der Waals surface area contributed by atoms with Crippen molar-refractivity contribution < 1.29 is 9.15 Å². The molecule has 2 aromatic rings. The van der Waals surface area contributed by atoms with Gasteiger partial charge in [-0.25, -0.2) is 4.98 Å². The maximum Gasteiger partial charge on any atom is 0.232 e. The topological polar surface area (TPSA) is 35.3 Å². The fourth-order valence-corrected chi connectivity index (χ4v) is 1.81. The highest BCUT2D eigenvalue weighted by Gasteiger charge is 2.07. The summed E-state index contributed by atoms with van der Waals surface area (Å²) in [6, 6.07) is 5.94. The number of ether oxygens (including phenoxy) is 1. The normalized spacial score (nSPS) is 10.6. The van der Waals surface area contributed by atoms with Gasteiger partial charge in [0, 0.05) is 4.47 Å². The predicted molar refractivity (Wildman–Crippen MR) is 69.2 cm³/mol. The van der Waals surface area contributed by atoms with Crippen molar-refractivity contribution in [3.05, 3.63) is 45.6 Å². The van der Waals surface area contributed by atoms with Crippen molar-refractivity contribution >= 4 is 15.9 Å². The highest BCUT2D eigenvalue weighted by atomic mass is 79.9. The van der Waals surface area contributed by atoms with E-state index in [0.29, 0.717) is 12.5 Å². The summed E-state index contributed by atoms with van der Waals surface area (Å²) in [6.45, 7) is 6.18. The Kier molecular flexibility index (Phi) is 3.52. The third kappa shape index (κ3) is 2.88. The van der Waals surface area contributed by atoms with Gasteiger partial charge in [-0.1, -0.05) is 22.0 Å². The van der Waals surface area contributed by atoms with E-state index in [1.54, 1.807) is 0 Å². The first kappa shape index (κ1) is 12.2. The Morgan fingerprint density at radius 3 is 2.71 bits per heavy atom. The van der Waals surface area contributed by atoms with Gasteiger partial charge >= 0.3 is 0 Å². The molecule has 0 unspecified atom stereocenters. The van der Waals surface area contributed by atoms with Gasteiger partial charge in [-0.15, -0.1) is 0 Å². The lowest BCUT2D eigenvalue weighted by Crippen LogP contribution is -1.97. The monoisotopic (exact) mass is 295 g/mol. The number of hydrogen-bond donors (Lipinski definition) is 0. The number of benzene rings is 1. The predicted octanol–water partition coefficient (Wildman–Crippen LogP) is 3.94. The maximum atomic E-state index is 5.69. The second-order valence-electron chi connectivity index (χ2n) is 3.95. The van der Waals surface area contributed by atoms with E-state index in [4.69, 9.17) is 9.15 Å². The summed E-state index contributed by atoms with van der Waals surface area (Å²) >= 11 is 3.42. The van der Waals surface area contributed by atoms with Gasteiger partial charge in [0.25, 0.3) is 0 Å². The van der Waals surface area contributed by atoms with Crippen LogP contribution in [0.15, 0.2) is 27.1 Å². The van der Waals surface area contributed by atoms with Crippen molar-refractivity contribution in [1.82, 2.24) is 4.98 Å². The molecule has 0 bridgehead atoms. The van der Waals surface area contributed by atoms with E-state index in [2.05, 4.69) is 20.9 Å². The fraction of sp³-hybridized carbons (Fsp3) is 0.308. The standard InChI is InChI=1S/C13H14BrNO2/c1-8-4-5-11(14)6-12(8)16-7-13-15-9(2)10(3)17-13/h4-6H,7H2,1-3H3. The summed E-state index contributed by atoms with van der Waals surface area (Å²) in [5, 5.41) is 0. The first-order chi connectivity index (χ1) is 8.06. The van der Waals surface area contributed by atoms with Crippen LogP contribution >= 0.6 is 15.9 Å². The average Bonchev–Trinajstić information content (AvgIpc) is 2.60. The highest BCUT2D eigenvalue weighted by Crippen LogP contribution is 2.23. The smallest absolute Gasteiger partial charge is 0.232 e. The Bertz CT molecular complexity index is 515. The summed E-state index contributed by atoms with van der Waals surface area (Å²) < 4.78 is 12.1. The molecule has 0 aliphatic rings. The molecule has 0 atom stereocenters. The second-order valence-corrected chi connectivity index (χ2v) is 4.86. The third-order valence-corrected chi connectivity index (χ3v) is 3.07. The van der Waals surface area contributed by atoms with Crippen LogP contribution < -0.4 is 4.74 Å². The van der Waals surface area contributed by atoms with E-state index in [0.717, 1.165) is 27.2 Å². The van der Waals surface area contributed by atoms with E-state index in [1.807, 2.05) is 39.0 Å². The van der Waals surface area contributed by atoms with Crippen molar-refractivity contribution in [3.8, 4) is 5.75 Å². The van der Waals surface area contributed by atoms with Crippen LogP contribution in [0, 0.1) is 20.8 Å². The molecule has 0 amide bonds. The Balaban J connectivity index is 2.09. The summed E-state index contributed by atoms with van der Waals surface area (Å²) in [5.41, 5.74) is 2.00. The van der Waals surface area contributed by atoms with Crippen LogP contribution in [-0.4, -0.2) is 4.98 Å². The van der Waals surface area contributed by atoms with Crippen molar-refractivity contribution in [2.45, 2.75) is 27.4 Å². The van der Waals surface area contributed by atoms with Gasteiger partial charge in [-0.05, 0) is 38.5 Å². The van der Waals surface area contributed by atoms with Crippen molar-refractivity contribution in [3.63, 3.8) is 0 Å². The minimum Gasteiger partial charge on any atom is -0.484 e. The van der Waals surface area contributed by atoms with E-state index in [1.165, 1.54) is 0 Å². The first-order valence-electron chi connectivity index (χ1n) is 5.38. The molecule has 1 aromatic carbocycles. The molecule has 4 heteroatoms. The van der Waals surface area contributed by atoms with E-state index < -0.39 is 0 Å². The van der Waals surface area contributed by atoms with E-state index in [9.17, 15) is 0 Å². The summed E-state index contributed by atoms with van der Waals surface area (Å²) in [4.78, 5) is 4.27. The number of aromatic nitrogens is 1. The summed E-state index contributed by atoms with van der Waals surface area (Å²) in [5.74, 6) is 2.29. The minimum absolute atomic E-state index is 0.353. The molecule has 0 radical (unpaired) electrons. The van der Waals surface area contributed by atoms with Crippen LogP contribution in [0.3, 0.4) is 0 Å². The number of nitrogens with zero attached hydrogens (tertiary/aromatic N) is 1. The second kappa shape index (κ2) is 4.92. The van der Waals surface area contributed by atoms with Crippen molar-refractivity contribution in [2.75, 3.05) is 0 Å². The largest absolute Gasteiger partial charge is 0.484 e. The van der Waals surface area contributed by atoms with Gasteiger partial charge in [-0.2, -0.15) is 0 Å². The molecular formula is C13H14BrNO2. The first-order valence-corrected chi connectivity index (χ1v) is 6.17. The molecule has 17 heavy (non-hydrogen) atoms. The zero-order chi connectivity index (χ0) is 12.4. The van der Waals surface area contributed by atoms with Gasteiger partial charge in [0.05, 0.1) is 5.69 Å². The minimum atomic E-state index is 0.353. The Morgan fingerprint density at radius 1 is 1.29 bits per heavy atom. The SMILES string of the molecule is Cc1ccc(Br)cc1OCc1nc(C)c(C)o1. The van der Waals surface area contributed by atoms with Crippen LogP contribution in [-0.2, 0) is 6.61 Å². The lowest BCUT2D eigenvalue weighted by Gasteiger charge is -2.07. The molecule has 0 N–H and O–H groups in total. The Hall–Kier alpha value is -1.29. The molecule has 0 saturated carbocycles. The van der Waals surface area contributed by atoms with E-state index in [-0.39, 0.29) is 0 Å². The summed E-state index contributed by atoms with van der Waals surface area (Å²) in [7, 11) is 0. The Labute approximate surface area is 109 Å². The van der Waals surface area contributed by atoms with E-state index >= 15 is 0 Å². The molecule has 0 aliphatic carbocycles. The number of aryl methyl sites for hydroxylation is 3. The zero-order valence-corrected chi connectivity index (χ0v) is 11.7. The lowest BCUT2D eigenvalue weighted by molar-refractivity contribution is 0.259. The lowest BCUT2D eigenvalue weighted by atomic mass is 10.2. The van der Waals surface area contributed by atoms with Gasteiger partial charge in [0.15, 0.2) is 6.61 Å². The fourth-order valence-electron chi connectivity index (χ4n) is 1.47. The molecule has 1 aromatic heterocycles. The summed E-state index contributed by atoms with van der Waals surface area (Å²) in [6.07, 6.45) is 0. The quantitative estimate of drug-likeness (QED) is 0.860. The van der Waals surface area contributed by atoms with Crippen LogP contribution in [0.25, 0.3) is 0 Å². The average molecular weight is 296 g/mol. The van der Waals surface area contributed by atoms with Crippen LogP contribution in [0.2, 0.25) is 0 Å². The van der Waals surface area contributed by atoms with Gasteiger partial charge in [0.1, 0.15) is 11.5 Å². The van der Waals surface area contributed by atoms with Crippen LogP contribution in [0.5, 0.6) is 5.75 Å². The third-order valence-electron chi connectivity index (χ3n) is 2.57. The van der Waals surface area contributed by atoms with Crippen LogP contribution in [0.1, 0.15) is 22.9 Å². The Morgan fingerprint density at radius 2 is 2.06 bits per heavy atom. The maximum absolute atomic E-state index is 5.69. The molecule has 0 fully saturated rings. The van der Waals surface area contributed by atoms with Crippen molar-refractivity contribution in [2.24, 2.45) is 0 Å². The molecule has 0 aliphatic heterocycles. The number of hydrogen-bond acceptors (Lipinski definition) is 3. The number of rotatable bonds is 3. The van der Waals surface area contributed by atoms with Crippen molar-refractivity contribution in [1.29, 1.82) is 0 Å². The zero-order valence-electron chi connectivity index (χ0n) is 10.1. The molecule has 0 saturated heterocycles. The molecule has 1 heterocycles. The number of oxazole rings is 1. The van der Waals surface area contributed by atoms with Gasteiger partial charge in [0.2, 0.25) is 5.89 Å². The molecule has 2 rings (SSSR count). The molecular weight excluding hydrogens is 282 g/mol. The molecule has 0 spiro atoms. The number of halogens is 1.